The number of nitrogen functional groups attached to an aromatic ring is 1. The Balaban J connectivity index is 2.03. The van der Waals surface area contributed by atoms with Crippen LogP contribution in [0.4, 0.5) is 5.69 Å². The molecule has 0 amide bonds. The topological polar surface area (TPSA) is 104 Å². The lowest BCUT2D eigenvalue weighted by atomic mass is 10.3. The number of hydrogen-bond acceptors (Lipinski definition) is 7. The van der Waals surface area contributed by atoms with Gasteiger partial charge in [-0.1, -0.05) is 5.16 Å². The smallest absolute Gasteiger partial charge is 0.279 e. The lowest BCUT2D eigenvalue weighted by Gasteiger charge is -1.96. The molecule has 0 saturated heterocycles. The number of rotatable bonds is 2. The highest BCUT2D eigenvalue weighted by Gasteiger charge is 2.14. The van der Waals surface area contributed by atoms with Crippen LogP contribution in [0.2, 0.25) is 0 Å². The average molecular weight is 240 g/mol. The summed E-state index contributed by atoms with van der Waals surface area (Å²) in [4.78, 5) is 16.3. The van der Waals surface area contributed by atoms with Crippen molar-refractivity contribution in [3.05, 3.63) is 36.8 Å². The van der Waals surface area contributed by atoms with E-state index in [1.807, 2.05) is 0 Å². The summed E-state index contributed by atoms with van der Waals surface area (Å²) in [5, 5.41) is 3.80. The second-order valence-corrected chi connectivity index (χ2v) is 3.44. The number of pyridine rings is 1. The zero-order valence-corrected chi connectivity index (χ0v) is 9.19. The predicted octanol–water partition coefficient (Wildman–Crippen LogP) is 1.17. The van der Waals surface area contributed by atoms with E-state index in [2.05, 4.69) is 25.1 Å². The van der Waals surface area contributed by atoms with Crippen molar-refractivity contribution < 1.29 is 4.52 Å². The fraction of sp³-hybridized carbons (Fsp3) is 0. The third-order valence-electron chi connectivity index (χ3n) is 2.23. The van der Waals surface area contributed by atoms with E-state index < -0.39 is 0 Å². The standard InChI is InChI=1S/C11H8N6O/c12-7-3-1-4-13-8(7)11-16-10(17-18-11)9-14-5-2-6-15-9/h1-6H,12H2. The van der Waals surface area contributed by atoms with Crippen LogP contribution < -0.4 is 5.73 Å². The fourth-order valence-corrected chi connectivity index (χ4v) is 1.42. The molecule has 3 heterocycles. The molecule has 3 aromatic heterocycles. The maximum atomic E-state index is 5.78. The van der Waals surface area contributed by atoms with Crippen molar-refractivity contribution in [2.75, 3.05) is 5.73 Å². The van der Waals surface area contributed by atoms with E-state index in [1.54, 1.807) is 36.8 Å². The monoisotopic (exact) mass is 240 g/mol. The van der Waals surface area contributed by atoms with Gasteiger partial charge in [0.25, 0.3) is 5.89 Å². The summed E-state index contributed by atoms with van der Waals surface area (Å²) in [6, 6.07) is 5.16. The van der Waals surface area contributed by atoms with Gasteiger partial charge in [-0.2, -0.15) is 4.98 Å². The first-order valence-corrected chi connectivity index (χ1v) is 5.16. The first-order chi connectivity index (χ1) is 8.84. The highest BCUT2D eigenvalue weighted by molar-refractivity contribution is 5.66. The van der Waals surface area contributed by atoms with E-state index in [9.17, 15) is 0 Å². The van der Waals surface area contributed by atoms with Gasteiger partial charge in [0.2, 0.25) is 11.6 Å². The first-order valence-electron chi connectivity index (χ1n) is 5.16. The second kappa shape index (κ2) is 4.21. The van der Waals surface area contributed by atoms with Crippen molar-refractivity contribution in [1.82, 2.24) is 25.1 Å². The summed E-state index contributed by atoms with van der Waals surface area (Å²) in [6.07, 6.45) is 4.82. The zero-order valence-electron chi connectivity index (χ0n) is 9.19. The molecule has 3 rings (SSSR count). The molecule has 0 atom stereocenters. The number of hydrogen-bond donors (Lipinski definition) is 1. The van der Waals surface area contributed by atoms with E-state index in [-0.39, 0.29) is 5.89 Å². The highest BCUT2D eigenvalue weighted by atomic mass is 16.5. The molecule has 0 aliphatic carbocycles. The molecule has 0 radical (unpaired) electrons. The van der Waals surface area contributed by atoms with Crippen LogP contribution in [0.25, 0.3) is 23.2 Å². The Morgan fingerprint density at radius 3 is 2.50 bits per heavy atom. The molecule has 0 unspecified atom stereocenters. The van der Waals surface area contributed by atoms with Crippen LogP contribution in [-0.4, -0.2) is 25.1 Å². The lowest BCUT2D eigenvalue weighted by Crippen LogP contribution is -1.93. The quantitative estimate of drug-likeness (QED) is 0.716. The summed E-state index contributed by atoms with van der Waals surface area (Å²) < 4.78 is 5.10. The van der Waals surface area contributed by atoms with Crippen LogP contribution in [-0.2, 0) is 0 Å². The van der Waals surface area contributed by atoms with Gasteiger partial charge < -0.3 is 10.3 Å². The molecule has 2 N–H and O–H groups in total. The maximum absolute atomic E-state index is 5.78. The zero-order chi connectivity index (χ0) is 12.4. The average Bonchev–Trinajstić information content (AvgIpc) is 2.90. The number of nitrogens with two attached hydrogens (primary N) is 1. The van der Waals surface area contributed by atoms with Gasteiger partial charge in [-0.3, -0.25) is 0 Å². The molecule has 0 spiro atoms. The molecule has 18 heavy (non-hydrogen) atoms. The van der Waals surface area contributed by atoms with Crippen molar-refractivity contribution in [2.24, 2.45) is 0 Å². The maximum Gasteiger partial charge on any atom is 0.279 e. The molecular weight excluding hydrogens is 232 g/mol. The molecule has 0 bridgehead atoms. The van der Waals surface area contributed by atoms with Crippen molar-refractivity contribution in [2.45, 2.75) is 0 Å². The Labute approximate surface area is 102 Å². The molecule has 0 aliphatic rings. The van der Waals surface area contributed by atoms with E-state index in [1.165, 1.54) is 0 Å². The largest absolute Gasteiger partial charge is 0.397 e. The van der Waals surface area contributed by atoms with Gasteiger partial charge in [0, 0.05) is 18.6 Å². The number of aromatic nitrogens is 5. The van der Waals surface area contributed by atoms with Gasteiger partial charge in [0.1, 0.15) is 0 Å². The highest BCUT2D eigenvalue weighted by Crippen LogP contribution is 2.22. The molecule has 7 heteroatoms. The molecule has 88 valence electrons. The van der Waals surface area contributed by atoms with Gasteiger partial charge in [0.05, 0.1) is 5.69 Å². The van der Waals surface area contributed by atoms with Gasteiger partial charge in [-0.15, -0.1) is 0 Å². The summed E-state index contributed by atoms with van der Waals surface area (Å²) in [5.41, 5.74) is 6.70. The summed E-state index contributed by atoms with van der Waals surface area (Å²) in [6.45, 7) is 0. The first kappa shape index (κ1) is 10.3. The van der Waals surface area contributed by atoms with Crippen molar-refractivity contribution >= 4 is 5.69 Å². The van der Waals surface area contributed by atoms with Crippen LogP contribution in [0.1, 0.15) is 0 Å². The SMILES string of the molecule is Nc1cccnc1-c1nc(-c2ncccn2)no1. The Hall–Kier alpha value is -2.83. The van der Waals surface area contributed by atoms with Crippen LogP contribution in [0, 0.1) is 0 Å². The van der Waals surface area contributed by atoms with Crippen molar-refractivity contribution in [3.63, 3.8) is 0 Å². The van der Waals surface area contributed by atoms with Crippen molar-refractivity contribution in [3.8, 4) is 23.2 Å². The summed E-state index contributed by atoms with van der Waals surface area (Å²) in [5.74, 6) is 0.938. The van der Waals surface area contributed by atoms with Crippen LogP contribution in [0.3, 0.4) is 0 Å². The molecular formula is C11H8N6O. The minimum atomic E-state index is 0.246. The van der Waals surface area contributed by atoms with E-state index in [0.717, 1.165) is 0 Å². The second-order valence-electron chi connectivity index (χ2n) is 3.44. The van der Waals surface area contributed by atoms with Gasteiger partial charge >= 0.3 is 0 Å². The Morgan fingerprint density at radius 1 is 0.944 bits per heavy atom. The van der Waals surface area contributed by atoms with Gasteiger partial charge in [-0.05, 0) is 18.2 Å². The molecule has 7 nitrogen and oxygen atoms in total. The Bertz CT molecular complexity index is 666. The summed E-state index contributed by atoms with van der Waals surface area (Å²) >= 11 is 0. The lowest BCUT2D eigenvalue weighted by molar-refractivity contribution is 0.430. The molecule has 0 aromatic carbocycles. The van der Waals surface area contributed by atoms with E-state index in [4.69, 9.17) is 10.3 Å². The van der Waals surface area contributed by atoms with Crippen LogP contribution in [0.15, 0.2) is 41.3 Å². The molecule has 0 saturated carbocycles. The Kier molecular flexibility index (Phi) is 2.41. The van der Waals surface area contributed by atoms with Crippen LogP contribution >= 0.6 is 0 Å². The predicted molar refractivity (Wildman–Crippen MR) is 63.0 cm³/mol. The van der Waals surface area contributed by atoms with E-state index in [0.29, 0.717) is 23.0 Å². The Morgan fingerprint density at radius 2 is 1.72 bits per heavy atom. The number of anilines is 1. The third kappa shape index (κ3) is 1.77. The van der Waals surface area contributed by atoms with Gasteiger partial charge in [0.15, 0.2) is 5.69 Å². The minimum Gasteiger partial charge on any atom is -0.397 e. The molecule has 0 fully saturated rings. The normalized spacial score (nSPS) is 10.4. The van der Waals surface area contributed by atoms with E-state index >= 15 is 0 Å². The summed E-state index contributed by atoms with van der Waals surface area (Å²) in [7, 11) is 0. The fourth-order valence-electron chi connectivity index (χ4n) is 1.42. The molecule has 0 aliphatic heterocycles. The third-order valence-corrected chi connectivity index (χ3v) is 2.23. The van der Waals surface area contributed by atoms with Crippen molar-refractivity contribution in [1.29, 1.82) is 0 Å². The molecule has 3 aromatic rings. The van der Waals surface area contributed by atoms with Crippen LogP contribution in [0.5, 0.6) is 0 Å². The van der Waals surface area contributed by atoms with Gasteiger partial charge in [-0.25, -0.2) is 15.0 Å². The number of nitrogens with zero attached hydrogens (tertiary/aromatic N) is 5. The minimum absolute atomic E-state index is 0.246.